The molecule has 0 amide bonds. The molecule has 3 aromatic rings. The van der Waals surface area contributed by atoms with Gasteiger partial charge >= 0.3 is 0 Å². The number of hydrogen-bond donors (Lipinski definition) is 3. The molecule has 0 aliphatic carbocycles. The van der Waals surface area contributed by atoms with Crippen LogP contribution in [-0.4, -0.2) is 19.9 Å². The van der Waals surface area contributed by atoms with Gasteiger partial charge in [-0.2, -0.15) is 4.98 Å². The fraction of sp³-hybridized carbons (Fsp3) is 0.250. The highest BCUT2D eigenvalue weighted by atomic mass is 16.1. The lowest BCUT2D eigenvalue weighted by atomic mass is 10.1. The summed E-state index contributed by atoms with van der Waals surface area (Å²) in [5.41, 5.74) is 9.20. The van der Waals surface area contributed by atoms with Crippen LogP contribution in [-0.2, 0) is 0 Å². The Bertz CT molecular complexity index is 916. The fourth-order valence-corrected chi connectivity index (χ4v) is 2.45. The number of anilines is 2. The first-order chi connectivity index (χ1) is 10.9. The van der Waals surface area contributed by atoms with Gasteiger partial charge in [-0.3, -0.25) is 9.78 Å². The van der Waals surface area contributed by atoms with E-state index in [1.54, 1.807) is 0 Å². The van der Waals surface area contributed by atoms with Gasteiger partial charge in [-0.1, -0.05) is 17.7 Å². The molecule has 7 nitrogen and oxygen atoms in total. The summed E-state index contributed by atoms with van der Waals surface area (Å²) in [7, 11) is 0. The number of H-pyrrole nitrogens is 1. The standard InChI is InChI=1S/C16H18N6O/c1-8-4-6-11(7-5-8)18-9(2)12-10(3)19-14-13(20-12)15(23)22-16(17)21-14/h4-7,9,18H,1-3H3,(H3,17,19,21,22,23). The second kappa shape index (κ2) is 5.68. The molecule has 0 aliphatic rings. The summed E-state index contributed by atoms with van der Waals surface area (Å²) in [5, 5.41) is 3.36. The summed E-state index contributed by atoms with van der Waals surface area (Å²) in [6, 6.07) is 7.97. The number of nitrogens with zero attached hydrogens (tertiary/aromatic N) is 3. The van der Waals surface area contributed by atoms with E-state index in [0.717, 1.165) is 5.69 Å². The molecule has 0 saturated carbocycles. The van der Waals surface area contributed by atoms with Gasteiger partial charge in [0.05, 0.1) is 17.4 Å². The van der Waals surface area contributed by atoms with Crippen molar-refractivity contribution in [3.63, 3.8) is 0 Å². The molecule has 0 bridgehead atoms. The molecule has 0 fully saturated rings. The van der Waals surface area contributed by atoms with E-state index >= 15 is 0 Å². The minimum absolute atomic E-state index is 0.0368. The maximum Gasteiger partial charge on any atom is 0.280 e. The third-order valence-electron chi connectivity index (χ3n) is 3.62. The van der Waals surface area contributed by atoms with Gasteiger partial charge in [-0.15, -0.1) is 0 Å². The molecule has 2 heterocycles. The number of benzene rings is 1. The molecule has 7 heteroatoms. The number of aromatic nitrogens is 4. The molecule has 1 aromatic carbocycles. The third kappa shape index (κ3) is 2.98. The maximum absolute atomic E-state index is 12.0. The number of rotatable bonds is 3. The number of nitrogens with two attached hydrogens (primary N) is 1. The van der Waals surface area contributed by atoms with Gasteiger partial charge in [0.2, 0.25) is 5.95 Å². The van der Waals surface area contributed by atoms with Crippen LogP contribution in [0.5, 0.6) is 0 Å². The molecule has 0 saturated heterocycles. The van der Waals surface area contributed by atoms with Crippen LogP contribution in [0.4, 0.5) is 11.6 Å². The molecule has 0 radical (unpaired) electrons. The van der Waals surface area contributed by atoms with Crippen molar-refractivity contribution in [2.45, 2.75) is 26.8 Å². The Hall–Kier alpha value is -2.96. The lowest BCUT2D eigenvalue weighted by molar-refractivity contribution is 0.818. The zero-order valence-electron chi connectivity index (χ0n) is 13.2. The molecule has 4 N–H and O–H groups in total. The Labute approximate surface area is 133 Å². The van der Waals surface area contributed by atoms with Crippen molar-refractivity contribution in [2.75, 3.05) is 11.1 Å². The number of nitrogens with one attached hydrogen (secondary N) is 2. The van der Waals surface area contributed by atoms with Crippen LogP contribution < -0.4 is 16.6 Å². The molecule has 23 heavy (non-hydrogen) atoms. The quantitative estimate of drug-likeness (QED) is 0.683. The lowest BCUT2D eigenvalue weighted by Crippen LogP contribution is -2.18. The van der Waals surface area contributed by atoms with Gasteiger partial charge in [0.15, 0.2) is 11.2 Å². The van der Waals surface area contributed by atoms with Crippen molar-refractivity contribution in [3.05, 3.63) is 51.6 Å². The van der Waals surface area contributed by atoms with Crippen molar-refractivity contribution in [3.8, 4) is 0 Å². The fourth-order valence-electron chi connectivity index (χ4n) is 2.45. The monoisotopic (exact) mass is 310 g/mol. The zero-order chi connectivity index (χ0) is 16.6. The van der Waals surface area contributed by atoms with Gasteiger partial charge < -0.3 is 11.1 Å². The Kier molecular flexibility index (Phi) is 3.69. The van der Waals surface area contributed by atoms with Crippen molar-refractivity contribution in [1.29, 1.82) is 0 Å². The topological polar surface area (TPSA) is 110 Å². The van der Waals surface area contributed by atoms with E-state index in [0.29, 0.717) is 11.4 Å². The Morgan fingerprint density at radius 3 is 2.52 bits per heavy atom. The van der Waals surface area contributed by atoms with Crippen LogP contribution in [0.3, 0.4) is 0 Å². The highest BCUT2D eigenvalue weighted by molar-refractivity contribution is 5.70. The SMILES string of the molecule is Cc1ccc(NC(C)c2nc3c(=O)[nH]c(N)nc3nc2C)cc1. The second-order valence-corrected chi connectivity index (χ2v) is 5.55. The summed E-state index contributed by atoms with van der Waals surface area (Å²) in [5.74, 6) is 0.0368. The maximum atomic E-state index is 12.0. The van der Waals surface area contributed by atoms with E-state index in [-0.39, 0.29) is 28.7 Å². The Morgan fingerprint density at radius 2 is 1.83 bits per heavy atom. The summed E-state index contributed by atoms with van der Waals surface area (Å²) < 4.78 is 0. The molecule has 118 valence electrons. The average molecular weight is 310 g/mol. The summed E-state index contributed by atoms with van der Waals surface area (Å²) in [6.07, 6.45) is 0. The number of fused-ring (bicyclic) bond motifs is 1. The lowest BCUT2D eigenvalue weighted by Gasteiger charge is -2.17. The number of aromatic amines is 1. The van der Waals surface area contributed by atoms with Crippen LogP contribution in [0.2, 0.25) is 0 Å². The van der Waals surface area contributed by atoms with Crippen LogP contribution >= 0.6 is 0 Å². The van der Waals surface area contributed by atoms with E-state index in [4.69, 9.17) is 5.73 Å². The van der Waals surface area contributed by atoms with Gasteiger partial charge in [-0.25, -0.2) is 9.97 Å². The molecule has 1 unspecified atom stereocenters. The smallest absolute Gasteiger partial charge is 0.280 e. The first kappa shape index (κ1) is 15.0. The van der Waals surface area contributed by atoms with Gasteiger partial charge in [0, 0.05) is 5.69 Å². The summed E-state index contributed by atoms with van der Waals surface area (Å²) in [4.78, 5) is 27.2. The number of aryl methyl sites for hydroxylation is 2. The van der Waals surface area contributed by atoms with Crippen molar-refractivity contribution >= 4 is 22.8 Å². The van der Waals surface area contributed by atoms with Crippen molar-refractivity contribution in [2.24, 2.45) is 0 Å². The number of hydrogen-bond acceptors (Lipinski definition) is 6. The van der Waals surface area contributed by atoms with E-state index < -0.39 is 0 Å². The van der Waals surface area contributed by atoms with Crippen LogP contribution in [0.1, 0.15) is 29.9 Å². The highest BCUT2D eigenvalue weighted by Gasteiger charge is 2.15. The predicted molar refractivity (Wildman–Crippen MR) is 90.3 cm³/mol. The predicted octanol–water partition coefficient (Wildman–Crippen LogP) is 2.09. The average Bonchev–Trinajstić information content (AvgIpc) is 2.48. The molecular weight excluding hydrogens is 292 g/mol. The van der Waals surface area contributed by atoms with E-state index in [1.807, 2.05) is 45.0 Å². The number of nitrogen functional groups attached to an aromatic ring is 1. The van der Waals surface area contributed by atoms with Crippen LogP contribution in [0, 0.1) is 13.8 Å². The summed E-state index contributed by atoms with van der Waals surface area (Å²) in [6.45, 7) is 5.85. The first-order valence-corrected chi connectivity index (χ1v) is 7.31. The highest BCUT2D eigenvalue weighted by Crippen LogP contribution is 2.21. The van der Waals surface area contributed by atoms with Gasteiger partial charge in [0.1, 0.15) is 0 Å². The third-order valence-corrected chi connectivity index (χ3v) is 3.62. The summed E-state index contributed by atoms with van der Waals surface area (Å²) >= 11 is 0. The zero-order valence-corrected chi connectivity index (χ0v) is 13.2. The van der Waals surface area contributed by atoms with Crippen molar-refractivity contribution in [1.82, 2.24) is 19.9 Å². The largest absolute Gasteiger partial charge is 0.377 e. The molecule has 0 spiro atoms. The molecule has 3 rings (SSSR count). The van der Waals surface area contributed by atoms with E-state index in [1.165, 1.54) is 5.56 Å². The van der Waals surface area contributed by atoms with E-state index in [9.17, 15) is 4.79 Å². The minimum atomic E-state index is -0.385. The van der Waals surface area contributed by atoms with Gasteiger partial charge in [-0.05, 0) is 32.9 Å². The molecule has 0 aliphatic heterocycles. The Balaban J connectivity index is 1.99. The van der Waals surface area contributed by atoms with Crippen LogP contribution in [0.25, 0.3) is 11.2 Å². The first-order valence-electron chi connectivity index (χ1n) is 7.31. The Morgan fingerprint density at radius 1 is 1.13 bits per heavy atom. The second-order valence-electron chi connectivity index (χ2n) is 5.55. The van der Waals surface area contributed by atoms with E-state index in [2.05, 4.69) is 25.3 Å². The molecular formula is C16H18N6O. The van der Waals surface area contributed by atoms with Gasteiger partial charge in [0.25, 0.3) is 5.56 Å². The van der Waals surface area contributed by atoms with Crippen molar-refractivity contribution < 1.29 is 0 Å². The molecule has 1 atom stereocenters. The minimum Gasteiger partial charge on any atom is -0.377 e. The molecule has 2 aromatic heterocycles. The van der Waals surface area contributed by atoms with Crippen LogP contribution in [0.15, 0.2) is 29.1 Å². The normalized spacial score (nSPS) is 12.3.